The number of amides is 2. The number of nitrogens with two attached hydrogens (primary N) is 1. The van der Waals surface area contributed by atoms with Gasteiger partial charge in [-0.3, -0.25) is 14.3 Å². The van der Waals surface area contributed by atoms with E-state index in [1.54, 1.807) is 0 Å². The Balaban J connectivity index is 1.68. The van der Waals surface area contributed by atoms with Crippen molar-refractivity contribution >= 4 is 28.8 Å². The molecule has 0 spiro atoms. The Hall–Kier alpha value is -4.56. The largest absolute Gasteiger partial charge is 0.408 e. The van der Waals surface area contributed by atoms with Gasteiger partial charge in [-0.25, -0.2) is 18.3 Å². The molecule has 0 unspecified atom stereocenters. The molecule has 1 aliphatic heterocycles. The average Bonchev–Trinajstić information content (AvgIpc) is 3.45. The fourth-order valence-corrected chi connectivity index (χ4v) is 5.09. The molecule has 1 aromatic carbocycles. The summed E-state index contributed by atoms with van der Waals surface area (Å²) in [6, 6.07) is 4.79. The number of alkyl halides is 3. The highest BCUT2D eigenvalue weighted by molar-refractivity contribution is 6.03. The van der Waals surface area contributed by atoms with E-state index < -0.39 is 41.5 Å². The molecule has 1 fully saturated rings. The molecule has 4 aromatic rings. The molecule has 4 heterocycles. The number of anilines is 2. The first-order valence-corrected chi connectivity index (χ1v) is 12.0. The van der Waals surface area contributed by atoms with Crippen LogP contribution in [0.4, 0.5) is 33.5 Å². The summed E-state index contributed by atoms with van der Waals surface area (Å²) < 4.78 is 72.8. The second-order valence-electron chi connectivity index (χ2n) is 9.78. The molecule has 1 saturated heterocycles. The van der Waals surface area contributed by atoms with Crippen LogP contribution in [-0.4, -0.2) is 65.9 Å². The summed E-state index contributed by atoms with van der Waals surface area (Å²) in [7, 11) is 0. The number of piperazine rings is 1. The maximum Gasteiger partial charge on any atom is 0.408 e. The maximum atomic E-state index is 16.2. The van der Waals surface area contributed by atoms with Crippen LogP contribution in [0.5, 0.6) is 0 Å². The van der Waals surface area contributed by atoms with Gasteiger partial charge >= 0.3 is 6.18 Å². The molecule has 10 nitrogen and oxygen atoms in total. The molecule has 0 bridgehead atoms. The normalized spacial score (nSPS) is 15.8. The first-order chi connectivity index (χ1) is 18.7. The molecular formula is C25H23F5N8O2. The molecule has 5 rings (SSSR count). The van der Waals surface area contributed by atoms with Gasteiger partial charge in [0.15, 0.2) is 11.6 Å². The second-order valence-corrected chi connectivity index (χ2v) is 9.78. The lowest BCUT2D eigenvalue weighted by atomic mass is 9.96. The Morgan fingerprint density at radius 1 is 1.07 bits per heavy atom. The summed E-state index contributed by atoms with van der Waals surface area (Å²) in [5.74, 6) is -3.27. The van der Waals surface area contributed by atoms with Crippen molar-refractivity contribution in [2.24, 2.45) is 0 Å². The number of carbonyl (C=O) groups is 2. The Bertz CT molecular complexity index is 1660. The van der Waals surface area contributed by atoms with Crippen LogP contribution >= 0.6 is 0 Å². The molecule has 1 aliphatic rings. The minimum absolute atomic E-state index is 0.0163. The van der Waals surface area contributed by atoms with E-state index in [-0.39, 0.29) is 52.8 Å². The monoisotopic (exact) mass is 562 g/mol. The van der Waals surface area contributed by atoms with E-state index in [1.807, 2.05) is 0 Å². The topological polar surface area (TPSA) is 115 Å². The second kappa shape index (κ2) is 9.27. The van der Waals surface area contributed by atoms with Gasteiger partial charge in [0.25, 0.3) is 5.91 Å². The van der Waals surface area contributed by atoms with Gasteiger partial charge in [-0.15, -0.1) is 0 Å². The zero-order chi connectivity index (χ0) is 29.1. The van der Waals surface area contributed by atoms with Gasteiger partial charge < -0.3 is 15.5 Å². The van der Waals surface area contributed by atoms with Crippen LogP contribution in [0.15, 0.2) is 36.8 Å². The van der Waals surface area contributed by atoms with Crippen LogP contribution in [0.1, 0.15) is 20.8 Å². The van der Waals surface area contributed by atoms with Gasteiger partial charge in [0.1, 0.15) is 35.4 Å². The molecule has 15 heteroatoms. The quantitative estimate of drug-likeness (QED) is 0.380. The summed E-state index contributed by atoms with van der Waals surface area (Å²) in [5, 5.41) is 7.87. The Kier molecular flexibility index (Phi) is 6.27. The van der Waals surface area contributed by atoms with Gasteiger partial charge in [0.2, 0.25) is 5.91 Å². The third-order valence-electron chi connectivity index (χ3n) is 6.89. The summed E-state index contributed by atoms with van der Waals surface area (Å²) in [6.07, 6.45) is -2.32. The number of aromatic nitrogens is 5. The van der Waals surface area contributed by atoms with E-state index in [4.69, 9.17) is 5.73 Å². The number of hydrogen-bond acceptors (Lipinski definition) is 6. The van der Waals surface area contributed by atoms with Crippen molar-refractivity contribution in [3.8, 4) is 22.5 Å². The molecule has 210 valence electrons. The lowest BCUT2D eigenvalue weighted by Crippen LogP contribution is -2.64. The number of fused-ring (bicyclic) bond motifs is 1. The summed E-state index contributed by atoms with van der Waals surface area (Å²) in [5.41, 5.74) is 4.12. The van der Waals surface area contributed by atoms with E-state index in [1.165, 1.54) is 48.5 Å². The first-order valence-electron chi connectivity index (χ1n) is 12.0. The highest BCUT2D eigenvalue weighted by Crippen LogP contribution is 2.40. The molecule has 0 aliphatic carbocycles. The first kappa shape index (κ1) is 27.0. The molecule has 0 saturated carbocycles. The number of nitrogens with zero attached hydrogens (tertiary/aromatic N) is 7. The van der Waals surface area contributed by atoms with E-state index in [0.717, 1.165) is 23.4 Å². The fraction of sp³-hybridized carbons (Fsp3) is 0.320. The fourth-order valence-electron chi connectivity index (χ4n) is 5.09. The van der Waals surface area contributed by atoms with Gasteiger partial charge in [-0.05, 0) is 38.1 Å². The molecule has 40 heavy (non-hydrogen) atoms. The Morgan fingerprint density at radius 2 is 1.80 bits per heavy atom. The summed E-state index contributed by atoms with van der Waals surface area (Å²) in [4.78, 5) is 31.6. The maximum absolute atomic E-state index is 16.2. The van der Waals surface area contributed by atoms with Crippen molar-refractivity contribution in [2.45, 2.75) is 39.0 Å². The average molecular weight is 563 g/mol. The van der Waals surface area contributed by atoms with Crippen molar-refractivity contribution in [2.75, 3.05) is 23.7 Å². The Morgan fingerprint density at radius 3 is 2.48 bits per heavy atom. The van der Waals surface area contributed by atoms with E-state index in [9.17, 15) is 22.8 Å². The van der Waals surface area contributed by atoms with Crippen molar-refractivity contribution in [3.63, 3.8) is 0 Å². The summed E-state index contributed by atoms with van der Waals surface area (Å²) in [6.45, 7) is 2.76. The number of nitrogen functional groups attached to an aromatic ring is 1. The zero-order valence-electron chi connectivity index (χ0n) is 21.5. The van der Waals surface area contributed by atoms with Gasteiger partial charge in [-0.1, -0.05) is 0 Å². The molecule has 0 atom stereocenters. The van der Waals surface area contributed by atoms with E-state index in [2.05, 4.69) is 15.2 Å². The van der Waals surface area contributed by atoms with Crippen molar-refractivity contribution in [1.82, 2.24) is 29.3 Å². The third kappa shape index (κ3) is 4.30. The lowest BCUT2D eigenvalue weighted by molar-refractivity contribution is -0.145. The van der Waals surface area contributed by atoms with Gasteiger partial charge in [0.05, 0.1) is 11.4 Å². The summed E-state index contributed by atoms with van der Waals surface area (Å²) >= 11 is 0. The van der Waals surface area contributed by atoms with Crippen molar-refractivity contribution in [3.05, 3.63) is 48.4 Å². The highest BCUT2D eigenvalue weighted by atomic mass is 19.4. The van der Waals surface area contributed by atoms with Crippen molar-refractivity contribution < 1.29 is 31.5 Å². The SMILES string of the molecule is CC(=O)N1CCN(c2c(F)ccc(-c3cc(-c4ccnn4CC(F)(F)F)c4c(N)ncnn34)c2F)C(=O)C1(C)C. The van der Waals surface area contributed by atoms with E-state index in [0.29, 0.717) is 4.68 Å². The standard InChI is InChI=1S/C25H23F5N8O2/c1-13(39)36-9-8-35(23(40)24(36,2)3)21-16(26)5-4-14(19(21)27)18-10-15(20-22(31)32-12-34-38(18)20)17-6-7-33-37(17)11-25(28,29)30/h4-7,10,12H,8-9,11H2,1-3H3,(H2,31,32,34). The molecule has 3 aromatic heterocycles. The van der Waals surface area contributed by atoms with Crippen LogP contribution in [0.2, 0.25) is 0 Å². The minimum atomic E-state index is -4.58. The minimum Gasteiger partial charge on any atom is -0.382 e. The van der Waals surface area contributed by atoms with Crippen LogP contribution in [0, 0.1) is 11.6 Å². The highest BCUT2D eigenvalue weighted by Gasteiger charge is 2.45. The predicted octanol–water partition coefficient (Wildman–Crippen LogP) is 3.66. The third-order valence-corrected chi connectivity index (χ3v) is 6.89. The van der Waals surface area contributed by atoms with Crippen LogP contribution < -0.4 is 10.6 Å². The van der Waals surface area contributed by atoms with Crippen LogP contribution in [-0.2, 0) is 16.1 Å². The molecule has 0 radical (unpaired) electrons. The number of carbonyl (C=O) groups excluding carboxylic acids is 2. The van der Waals surface area contributed by atoms with E-state index >= 15 is 8.78 Å². The van der Waals surface area contributed by atoms with Gasteiger partial charge in [-0.2, -0.15) is 23.4 Å². The molecule has 2 amide bonds. The molecular weight excluding hydrogens is 539 g/mol. The zero-order valence-corrected chi connectivity index (χ0v) is 21.5. The number of benzene rings is 1. The van der Waals surface area contributed by atoms with Gasteiger partial charge in [0, 0.05) is 37.3 Å². The lowest BCUT2D eigenvalue weighted by Gasteiger charge is -2.45. The van der Waals surface area contributed by atoms with Crippen molar-refractivity contribution in [1.29, 1.82) is 0 Å². The number of halogens is 5. The smallest absolute Gasteiger partial charge is 0.382 e. The van der Waals surface area contributed by atoms with Crippen LogP contribution in [0.3, 0.4) is 0 Å². The predicted molar refractivity (Wildman–Crippen MR) is 134 cm³/mol. The molecule has 2 N–H and O–H groups in total. The van der Waals surface area contributed by atoms with Crippen LogP contribution in [0.25, 0.3) is 28.0 Å². The Labute approximate surface area is 223 Å². The number of hydrogen-bond donors (Lipinski definition) is 1. The number of rotatable bonds is 4.